The molecule has 6 aliphatic rings. The number of nitriles is 1. The van der Waals surface area contributed by atoms with Gasteiger partial charge in [-0.2, -0.15) is 5.26 Å². The van der Waals surface area contributed by atoms with Gasteiger partial charge in [-0.15, -0.1) is 0 Å². The molecule has 29 heavy (non-hydrogen) atoms. The highest BCUT2D eigenvalue weighted by molar-refractivity contribution is 5.88. The van der Waals surface area contributed by atoms with Gasteiger partial charge in [0.15, 0.2) is 0 Å². The summed E-state index contributed by atoms with van der Waals surface area (Å²) in [5.41, 5.74) is -0.287. The van der Waals surface area contributed by atoms with E-state index < -0.39 is 17.7 Å². The topological polar surface area (TPSA) is 82.4 Å². The van der Waals surface area contributed by atoms with Crippen molar-refractivity contribution >= 4 is 12.0 Å². The van der Waals surface area contributed by atoms with E-state index in [0.717, 1.165) is 49.9 Å². The molecule has 6 rings (SSSR count). The number of nitrogens with zero attached hydrogens (tertiary/aromatic N) is 2. The molecular formula is C23H31N3O3. The first-order valence-electron chi connectivity index (χ1n) is 11.4. The summed E-state index contributed by atoms with van der Waals surface area (Å²) < 4.78 is 5.55. The Morgan fingerprint density at radius 2 is 1.83 bits per heavy atom. The fourth-order valence-corrected chi connectivity index (χ4v) is 8.42. The van der Waals surface area contributed by atoms with Crippen LogP contribution in [-0.4, -0.2) is 40.6 Å². The number of carbonyl (C=O) groups excluding carboxylic acids is 2. The van der Waals surface area contributed by atoms with Crippen molar-refractivity contribution in [3.63, 3.8) is 0 Å². The predicted octanol–water partition coefficient (Wildman–Crippen LogP) is 3.22. The Bertz CT molecular complexity index is 823. The van der Waals surface area contributed by atoms with Crippen molar-refractivity contribution in [1.82, 2.24) is 10.2 Å². The third-order valence-corrected chi connectivity index (χ3v) is 9.41. The molecule has 2 amide bonds. The Kier molecular flexibility index (Phi) is 3.28. The number of alkyl carbamates (subject to hydrolysis) is 1. The first-order chi connectivity index (χ1) is 13.7. The van der Waals surface area contributed by atoms with Gasteiger partial charge < -0.3 is 15.0 Å². The molecule has 1 aliphatic heterocycles. The number of likely N-dealkylation sites (tertiary alicyclic amines) is 1. The second-order valence-electron chi connectivity index (χ2n) is 11.9. The minimum atomic E-state index is -0.604. The largest absolute Gasteiger partial charge is 0.444 e. The van der Waals surface area contributed by atoms with Crippen LogP contribution < -0.4 is 5.32 Å². The van der Waals surface area contributed by atoms with Crippen molar-refractivity contribution in [2.45, 2.75) is 89.4 Å². The van der Waals surface area contributed by atoms with Crippen LogP contribution in [-0.2, 0) is 9.53 Å². The van der Waals surface area contributed by atoms with E-state index in [1.54, 1.807) is 0 Å². The quantitative estimate of drug-likeness (QED) is 0.793. The smallest absolute Gasteiger partial charge is 0.408 e. The van der Waals surface area contributed by atoms with Gasteiger partial charge >= 0.3 is 6.09 Å². The van der Waals surface area contributed by atoms with Crippen LogP contribution in [0.1, 0.15) is 65.7 Å². The Hall–Kier alpha value is -1.77. The normalized spacial score (nSPS) is 48.6. The number of hydrogen-bond acceptors (Lipinski definition) is 4. The molecule has 1 spiro atoms. The third-order valence-electron chi connectivity index (χ3n) is 9.41. The molecule has 6 heteroatoms. The van der Waals surface area contributed by atoms with Gasteiger partial charge in [0.05, 0.1) is 6.07 Å². The van der Waals surface area contributed by atoms with Crippen LogP contribution in [0.2, 0.25) is 0 Å². The molecule has 1 heterocycles. The summed E-state index contributed by atoms with van der Waals surface area (Å²) in [5, 5.41) is 12.7. The number of fused-ring (bicyclic) bond motifs is 2. The first kappa shape index (κ1) is 18.0. The number of carbonyl (C=O) groups is 2. The van der Waals surface area contributed by atoms with Gasteiger partial charge in [-0.3, -0.25) is 4.79 Å². The average molecular weight is 398 g/mol. The van der Waals surface area contributed by atoms with E-state index in [4.69, 9.17) is 4.74 Å². The van der Waals surface area contributed by atoms with Crippen molar-refractivity contribution in [2.75, 3.05) is 0 Å². The van der Waals surface area contributed by atoms with E-state index >= 15 is 0 Å². The van der Waals surface area contributed by atoms with Crippen molar-refractivity contribution in [3.05, 3.63) is 0 Å². The van der Waals surface area contributed by atoms with Gasteiger partial charge in [0.1, 0.15) is 17.7 Å². The Morgan fingerprint density at radius 1 is 1.14 bits per heavy atom. The molecule has 6 nitrogen and oxygen atoms in total. The Balaban J connectivity index is 1.31. The van der Waals surface area contributed by atoms with Crippen LogP contribution in [0.15, 0.2) is 0 Å². The Morgan fingerprint density at radius 3 is 2.38 bits per heavy atom. The molecule has 0 aromatic carbocycles. The number of nitrogens with one attached hydrogen (secondary N) is 1. The van der Waals surface area contributed by atoms with Gasteiger partial charge in [0.25, 0.3) is 0 Å². The molecule has 0 radical (unpaired) electrons. The van der Waals surface area contributed by atoms with E-state index in [1.165, 1.54) is 12.8 Å². The minimum Gasteiger partial charge on any atom is -0.444 e. The fourth-order valence-electron chi connectivity index (χ4n) is 8.42. The minimum absolute atomic E-state index is 0.0250. The van der Waals surface area contributed by atoms with Crippen molar-refractivity contribution in [1.29, 1.82) is 5.26 Å². The number of piperidine rings is 1. The van der Waals surface area contributed by atoms with E-state index in [9.17, 15) is 14.9 Å². The summed E-state index contributed by atoms with van der Waals surface area (Å²) in [6.45, 7) is 5.54. The summed E-state index contributed by atoms with van der Waals surface area (Å²) >= 11 is 0. The average Bonchev–Trinajstić information content (AvgIpc) is 3.04. The highest BCUT2D eigenvalue weighted by atomic mass is 16.6. The molecule has 6 fully saturated rings. The van der Waals surface area contributed by atoms with Crippen LogP contribution in [0.5, 0.6) is 0 Å². The first-order valence-corrected chi connectivity index (χ1v) is 11.4. The molecule has 2 unspecified atom stereocenters. The lowest BCUT2D eigenvalue weighted by Crippen LogP contribution is -2.61. The molecule has 2 bridgehead atoms. The lowest BCUT2D eigenvalue weighted by atomic mass is 9.38. The molecule has 0 aromatic rings. The number of ether oxygens (including phenoxy) is 1. The van der Waals surface area contributed by atoms with Gasteiger partial charge in [0.2, 0.25) is 5.91 Å². The van der Waals surface area contributed by atoms with Crippen molar-refractivity contribution in [3.8, 4) is 6.07 Å². The van der Waals surface area contributed by atoms with Crippen LogP contribution in [0.3, 0.4) is 0 Å². The summed E-state index contributed by atoms with van der Waals surface area (Å²) in [5.74, 6) is 2.77. The summed E-state index contributed by atoms with van der Waals surface area (Å²) in [6.07, 6.45) is 7.07. The fraction of sp³-hybridized carbons (Fsp3) is 0.870. The molecule has 1 N–H and O–H groups in total. The maximum Gasteiger partial charge on any atom is 0.408 e. The lowest BCUT2D eigenvalue weighted by Gasteiger charge is -2.66. The highest BCUT2D eigenvalue weighted by Gasteiger charge is 2.79. The SMILES string of the molecule is CC(C)(C)OC(=O)N[C@H](C(=O)N1[C@H](C#N)C[C@@H]2C[C@@H]21)C12CC3CC4CC(C1)C43C2. The van der Waals surface area contributed by atoms with E-state index in [0.29, 0.717) is 11.3 Å². The maximum absolute atomic E-state index is 13.9. The zero-order valence-corrected chi connectivity index (χ0v) is 17.6. The zero-order valence-electron chi connectivity index (χ0n) is 17.6. The van der Waals surface area contributed by atoms with E-state index in [-0.39, 0.29) is 23.4 Å². The number of rotatable bonds is 3. The van der Waals surface area contributed by atoms with Crippen LogP contribution >= 0.6 is 0 Å². The summed E-state index contributed by atoms with van der Waals surface area (Å²) in [6, 6.07) is 1.65. The number of hydrogen-bond donors (Lipinski definition) is 1. The van der Waals surface area contributed by atoms with E-state index in [1.807, 2.05) is 25.7 Å². The second kappa shape index (κ2) is 5.28. The Labute approximate surface area is 172 Å². The monoisotopic (exact) mass is 397 g/mol. The second-order valence-corrected chi connectivity index (χ2v) is 11.9. The molecular weight excluding hydrogens is 366 g/mol. The molecule has 0 aromatic heterocycles. The van der Waals surface area contributed by atoms with E-state index in [2.05, 4.69) is 11.4 Å². The maximum atomic E-state index is 13.9. The van der Waals surface area contributed by atoms with Crippen LogP contribution in [0, 0.1) is 45.8 Å². The van der Waals surface area contributed by atoms with Crippen molar-refractivity contribution < 1.29 is 14.3 Å². The van der Waals surface area contributed by atoms with Crippen LogP contribution in [0.25, 0.3) is 0 Å². The highest BCUT2D eigenvalue weighted by Crippen LogP contribution is 2.85. The zero-order chi connectivity index (χ0) is 20.3. The van der Waals surface area contributed by atoms with Crippen LogP contribution in [0.4, 0.5) is 4.79 Å². The van der Waals surface area contributed by atoms with Gasteiger partial charge in [-0.25, -0.2) is 4.79 Å². The third kappa shape index (κ3) is 2.22. The van der Waals surface area contributed by atoms with Gasteiger partial charge in [0, 0.05) is 11.5 Å². The van der Waals surface area contributed by atoms with Gasteiger partial charge in [-0.1, -0.05) is 0 Å². The molecule has 5 aliphatic carbocycles. The number of amides is 2. The predicted molar refractivity (Wildman–Crippen MR) is 104 cm³/mol. The lowest BCUT2D eigenvalue weighted by molar-refractivity contribution is -0.178. The summed E-state index contributed by atoms with van der Waals surface area (Å²) in [7, 11) is 0. The molecule has 1 saturated heterocycles. The summed E-state index contributed by atoms with van der Waals surface area (Å²) in [4.78, 5) is 28.5. The molecule has 5 saturated carbocycles. The standard InChI is InChI=1S/C23H31N3O3/c1-21(2,3)29-20(28)25-18(19(27)26-16(10-24)4-12-5-17(12)26)22-8-14-6-13-7-15(9-22)23(13,14)11-22/h12-18H,4-9,11H2,1-3H3,(H,25,28)/t12-,13?,14?,15?,16+,17+,18-,22?,23?/m1/s1. The van der Waals surface area contributed by atoms with Crippen molar-refractivity contribution in [2.24, 2.45) is 34.5 Å². The molecule has 6 atom stereocenters. The van der Waals surface area contributed by atoms with Gasteiger partial charge in [-0.05, 0) is 94.8 Å². The molecule has 156 valence electrons.